The number of aliphatic imine (C=N–C) groups is 2. The highest BCUT2D eigenvalue weighted by Gasteiger charge is 2.50. The fourth-order valence-corrected chi connectivity index (χ4v) is 6.97. The lowest BCUT2D eigenvalue weighted by Gasteiger charge is -2.28. The molecule has 3 N–H and O–H groups in total. The molecule has 1 aliphatic carbocycles. The quantitative estimate of drug-likeness (QED) is 0.0700. The first-order valence-electron chi connectivity index (χ1n) is 14.5. The fraction of sp³-hybridized carbons (Fsp3) is 0.147. The maximum Gasteiger partial charge on any atom is 0.269 e. The zero-order chi connectivity index (χ0) is 33.7. The molecule has 0 saturated heterocycles. The average Bonchev–Trinajstić information content (AvgIpc) is 3.70. The van der Waals surface area contributed by atoms with Gasteiger partial charge in [0.1, 0.15) is 11.4 Å². The number of halogens is 1. The van der Waals surface area contributed by atoms with Crippen molar-refractivity contribution in [3.05, 3.63) is 141 Å². The van der Waals surface area contributed by atoms with Crippen LogP contribution in [0.5, 0.6) is 0 Å². The maximum absolute atomic E-state index is 13.3. The van der Waals surface area contributed by atoms with Gasteiger partial charge in [-0.25, -0.2) is 14.3 Å². The normalized spacial score (nSPS) is 18.3. The number of nitrogens with one attached hydrogen (secondary N) is 1. The molecule has 1 spiro atoms. The minimum absolute atomic E-state index is 0.137. The smallest absolute Gasteiger partial charge is 0.269 e. The van der Waals surface area contributed by atoms with Gasteiger partial charge in [-0.2, -0.15) is 0 Å². The second kappa shape index (κ2) is 11.9. The number of anilines is 1. The van der Waals surface area contributed by atoms with Crippen LogP contribution in [0.25, 0.3) is 5.57 Å². The predicted octanol–water partition coefficient (Wildman–Crippen LogP) is 6.42. The Labute approximate surface area is 276 Å². The van der Waals surface area contributed by atoms with Gasteiger partial charge in [-0.1, -0.05) is 43.0 Å². The molecule has 47 heavy (non-hydrogen) atoms. The van der Waals surface area contributed by atoms with Gasteiger partial charge in [0.2, 0.25) is 9.84 Å². The van der Waals surface area contributed by atoms with Crippen LogP contribution in [0.3, 0.4) is 0 Å². The van der Waals surface area contributed by atoms with E-state index in [1.807, 2.05) is 47.4 Å². The number of hydrazine groups is 1. The number of fused-ring (bicyclic) bond motifs is 1. The summed E-state index contributed by atoms with van der Waals surface area (Å²) in [7, 11) is -4.08. The van der Waals surface area contributed by atoms with Crippen LogP contribution in [0, 0.1) is 15.5 Å². The van der Waals surface area contributed by atoms with Crippen LogP contribution in [0.2, 0.25) is 5.02 Å². The fourth-order valence-electron chi connectivity index (χ4n) is 5.60. The van der Waals surface area contributed by atoms with Crippen LogP contribution in [0.15, 0.2) is 124 Å². The van der Waals surface area contributed by atoms with Gasteiger partial charge in [0.15, 0.2) is 6.17 Å². The summed E-state index contributed by atoms with van der Waals surface area (Å²) in [6.07, 6.45) is 6.77. The van der Waals surface area contributed by atoms with E-state index in [-0.39, 0.29) is 15.5 Å². The third kappa shape index (κ3) is 5.82. The van der Waals surface area contributed by atoms with E-state index < -0.39 is 26.5 Å². The molecule has 11 nitrogen and oxygen atoms in total. The molecule has 3 aromatic carbocycles. The molecule has 1 unspecified atom stereocenters. The number of non-ortho nitro benzene ring substituents is 1. The molecule has 238 valence electrons. The summed E-state index contributed by atoms with van der Waals surface area (Å²) in [5.74, 6) is 6.64. The molecule has 3 aromatic rings. The van der Waals surface area contributed by atoms with E-state index in [1.54, 1.807) is 19.2 Å². The number of allylic oxidation sites excluding steroid dienone is 2. The Bertz CT molecular complexity index is 2080. The molecule has 1 saturated carbocycles. The van der Waals surface area contributed by atoms with Crippen molar-refractivity contribution >= 4 is 56.1 Å². The molecule has 6 rings (SSSR count). The average molecular weight is 668 g/mol. The van der Waals surface area contributed by atoms with Crippen LogP contribution in [0.1, 0.15) is 36.5 Å². The summed E-state index contributed by atoms with van der Waals surface area (Å²) in [5, 5.41) is 21.4. The summed E-state index contributed by atoms with van der Waals surface area (Å²) in [6, 6.07) is 17.9. The molecule has 3 aliphatic rings. The molecular formula is C34H30ClN7O4S. The number of nitro groups is 1. The van der Waals surface area contributed by atoms with Crippen molar-refractivity contribution in [2.45, 2.75) is 36.4 Å². The summed E-state index contributed by atoms with van der Waals surface area (Å²) in [4.78, 5) is 21.6. The molecule has 0 radical (unpaired) electrons. The van der Waals surface area contributed by atoms with Gasteiger partial charge in [-0.15, -0.1) is 0 Å². The first-order chi connectivity index (χ1) is 22.3. The van der Waals surface area contributed by atoms with Crippen LogP contribution in [-0.4, -0.2) is 47.8 Å². The van der Waals surface area contributed by atoms with E-state index in [0.717, 1.165) is 75.4 Å². The number of hydrogen-bond acceptors (Lipinski definition) is 9. The van der Waals surface area contributed by atoms with E-state index in [2.05, 4.69) is 18.2 Å². The number of nitro benzene ring substituents is 1. The number of nitrogens with zero attached hydrogens (tertiary/aromatic N) is 5. The standard InChI is InChI=1S/C34H30ClN7O4S/c1-4-28(47(45,46)29-12-10-27(11-13-29)42(43)44)20-40(37)32-18-25(19-38-32)24-7-14-31-30(17-24)33(23-5-8-26(35)9-6-23)39-34(15-16-34)21(2)41(31)22(3)36/h4-14,17-20,32,36H,1-2,15-16,37H2,3H3/b28-20-,36-22?. The topological polar surface area (TPSA) is 158 Å². The first-order valence-corrected chi connectivity index (χ1v) is 16.4. The largest absolute Gasteiger partial charge is 0.300 e. The number of nitrogens with two attached hydrogens (primary N) is 1. The zero-order valence-electron chi connectivity index (χ0n) is 25.3. The Balaban J connectivity index is 1.35. The number of hydrogen-bond donors (Lipinski definition) is 2. The van der Waals surface area contributed by atoms with Crippen LogP contribution < -0.4 is 10.7 Å². The lowest BCUT2D eigenvalue weighted by molar-refractivity contribution is -0.384. The number of rotatable bonds is 8. The van der Waals surface area contributed by atoms with E-state index in [4.69, 9.17) is 27.8 Å². The van der Waals surface area contributed by atoms with E-state index in [0.29, 0.717) is 10.9 Å². The van der Waals surface area contributed by atoms with E-state index >= 15 is 0 Å². The number of amidine groups is 1. The highest BCUT2D eigenvalue weighted by molar-refractivity contribution is 7.95. The van der Waals surface area contributed by atoms with Crippen molar-refractivity contribution < 1.29 is 13.3 Å². The van der Waals surface area contributed by atoms with Crippen molar-refractivity contribution in [2.75, 3.05) is 4.90 Å². The molecule has 1 atom stereocenters. The predicted molar refractivity (Wildman–Crippen MR) is 185 cm³/mol. The summed E-state index contributed by atoms with van der Waals surface area (Å²) < 4.78 is 26.5. The van der Waals surface area contributed by atoms with Gasteiger partial charge in [0.25, 0.3) is 5.69 Å². The third-order valence-electron chi connectivity index (χ3n) is 8.28. The van der Waals surface area contributed by atoms with Crippen molar-refractivity contribution in [3.63, 3.8) is 0 Å². The molecule has 2 heterocycles. The Morgan fingerprint density at radius 2 is 1.81 bits per heavy atom. The summed E-state index contributed by atoms with van der Waals surface area (Å²) in [5.41, 5.74) is 4.86. The summed E-state index contributed by atoms with van der Waals surface area (Å²) in [6.45, 7) is 9.72. The Hall–Kier alpha value is -5.17. The molecular weight excluding hydrogens is 638 g/mol. The van der Waals surface area contributed by atoms with Crippen LogP contribution in [-0.2, 0) is 9.84 Å². The zero-order valence-corrected chi connectivity index (χ0v) is 26.9. The number of benzene rings is 3. The van der Waals surface area contributed by atoms with Crippen LogP contribution >= 0.6 is 11.6 Å². The monoisotopic (exact) mass is 667 g/mol. The first kappa shape index (κ1) is 31.8. The lowest BCUT2D eigenvalue weighted by Crippen LogP contribution is -2.34. The molecule has 0 bridgehead atoms. The van der Waals surface area contributed by atoms with Gasteiger partial charge >= 0.3 is 0 Å². The molecule has 1 fully saturated rings. The second-order valence-corrected chi connectivity index (χ2v) is 13.7. The molecule has 13 heteroatoms. The van der Waals surface area contributed by atoms with Gasteiger partial charge in [0, 0.05) is 46.4 Å². The highest BCUT2D eigenvalue weighted by Crippen LogP contribution is 2.51. The van der Waals surface area contributed by atoms with Crippen LogP contribution in [0.4, 0.5) is 11.4 Å². The lowest BCUT2D eigenvalue weighted by atomic mass is 9.95. The number of sulfone groups is 1. The Morgan fingerprint density at radius 3 is 2.40 bits per heavy atom. The molecule has 2 aliphatic heterocycles. The van der Waals surface area contributed by atoms with Crippen molar-refractivity contribution in [2.24, 2.45) is 15.8 Å². The van der Waals surface area contributed by atoms with Gasteiger partial charge in [-0.3, -0.25) is 30.5 Å². The maximum atomic E-state index is 13.3. The van der Waals surface area contributed by atoms with Crippen molar-refractivity contribution in [1.29, 1.82) is 5.41 Å². The SMILES string of the molecule is C=C/C(=C/N(N)C1C=C(c2ccc3c(c2)C(c2ccc(Cl)cc2)=NC2(CC2)C(=C)N3C(C)=N)C=N1)S(=O)(=O)c1ccc([N+](=O)[O-])cc1. The Kier molecular flexibility index (Phi) is 8.04. The van der Waals surface area contributed by atoms with Gasteiger partial charge in [0.05, 0.1) is 26.1 Å². The summed E-state index contributed by atoms with van der Waals surface area (Å²) >= 11 is 6.21. The van der Waals surface area contributed by atoms with Gasteiger partial charge in [-0.05, 0) is 79.5 Å². The molecule has 0 amide bonds. The van der Waals surface area contributed by atoms with Crippen molar-refractivity contribution in [1.82, 2.24) is 5.01 Å². The van der Waals surface area contributed by atoms with E-state index in [9.17, 15) is 18.5 Å². The molecule has 0 aromatic heterocycles. The van der Waals surface area contributed by atoms with Crippen molar-refractivity contribution in [3.8, 4) is 0 Å². The third-order valence-corrected chi connectivity index (χ3v) is 10.3. The highest BCUT2D eigenvalue weighted by atomic mass is 35.5. The Morgan fingerprint density at radius 1 is 1.15 bits per heavy atom. The van der Waals surface area contributed by atoms with Gasteiger partial charge < -0.3 is 4.90 Å². The minimum atomic E-state index is -4.08. The van der Waals surface area contributed by atoms with E-state index in [1.165, 1.54) is 18.3 Å². The minimum Gasteiger partial charge on any atom is -0.300 e. The second-order valence-electron chi connectivity index (χ2n) is 11.3.